The van der Waals surface area contributed by atoms with Gasteiger partial charge >= 0.3 is 0 Å². The molecule has 0 saturated heterocycles. The maximum Gasteiger partial charge on any atom is 0.0939 e. The van der Waals surface area contributed by atoms with Crippen molar-refractivity contribution in [2.45, 2.75) is 25.9 Å². The lowest BCUT2D eigenvalue weighted by molar-refractivity contribution is 0.185. The lowest BCUT2D eigenvalue weighted by Crippen LogP contribution is -2.00. The molecule has 0 radical (unpaired) electrons. The van der Waals surface area contributed by atoms with Gasteiger partial charge in [-0.3, -0.25) is 0 Å². The van der Waals surface area contributed by atoms with Crippen molar-refractivity contribution < 1.29 is 5.11 Å². The van der Waals surface area contributed by atoms with E-state index in [0.29, 0.717) is 0 Å². The van der Waals surface area contributed by atoms with Crippen LogP contribution in [-0.2, 0) is 6.42 Å². The summed E-state index contributed by atoms with van der Waals surface area (Å²) in [4.78, 5) is 4.49. The van der Waals surface area contributed by atoms with Crippen LogP contribution in [0, 0.1) is 0 Å². The molecule has 0 amide bonds. The van der Waals surface area contributed by atoms with Crippen molar-refractivity contribution in [3.05, 3.63) is 29.3 Å². The van der Waals surface area contributed by atoms with Crippen LogP contribution < -0.4 is 0 Å². The molecule has 1 N–H and O–H groups in total. The molecular formula is C11H13NOS. The van der Waals surface area contributed by atoms with Crippen molar-refractivity contribution in [2.24, 2.45) is 0 Å². The number of benzene rings is 1. The fraction of sp³-hybridized carbons (Fsp3) is 0.364. The number of thiazole rings is 1. The highest BCUT2D eigenvalue weighted by atomic mass is 32.1. The van der Waals surface area contributed by atoms with Crippen molar-refractivity contribution in [1.82, 2.24) is 4.98 Å². The van der Waals surface area contributed by atoms with Gasteiger partial charge in [0.2, 0.25) is 0 Å². The second-order valence-corrected chi connectivity index (χ2v) is 4.58. The first-order valence-corrected chi connectivity index (χ1v) is 5.60. The Bertz CT molecular complexity index is 389. The van der Waals surface area contributed by atoms with Gasteiger partial charge in [0.15, 0.2) is 0 Å². The highest BCUT2D eigenvalue weighted by molar-refractivity contribution is 7.18. The van der Waals surface area contributed by atoms with Gasteiger partial charge < -0.3 is 5.11 Å². The van der Waals surface area contributed by atoms with Crippen molar-refractivity contribution in [1.29, 1.82) is 0 Å². The average Bonchev–Trinajstić information content (AvgIpc) is 2.57. The van der Waals surface area contributed by atoms with Crippen LogP contribution in [0.5, 0.6) is 0 Å². The summed E-state index contributed by atoms with van der Waals surface area (Å²) in [5.74, 6) is 0. The summed E-state index contributed by atoms with van der Waals surface area (Å²) in [6, 6.07) is 8.13. The van der Waals surface area contributed by atoms with Crippen LogP contribution in [0.2, 0.25) is 0 Å². The zero-order valence-electron chi connectivity index (χ0n) is 8.10. The van der Waals surface area contributed by atoms with E-state index < -0.39 is 0 Å². The molecule has 1 heterocycles. The number of aryl methyl sites for hydroxylation is 1. The third-order valence-electron chi connectivity index (χ3n) is 2.11. The molecule has 0 bridgehead atoms. The Morgan fingerprint density at radius 3 is 2.93 bits per heavy atom. The summed E-state index contributed by atoms with van der Waals surface area (Å²) in [7, 11) is 0. The number of fused-ring (bicyclic) bond motifs is 1. The molecule has 1 atom stereocenters. The summed E-state index contributed by atoms with van der Waals surface area (Å²) in [6.07, 6.45) is 1.43. The number of hydrogen-bond acceptors (Lipinski definition) is 3. The fourth-order valence-corrected chi connectivity index (χ4v) is 2.34. The van der Waals surface area contributed by atoms with E-state index in [-0.39, 0.29) is 6.10 Å². The Balaban J connectivity index is 2.19. The molecule has 0 fully saturated rings. The molecule has 1 aromatic carbocycles. The van der Waals surface area contributed by atoms with Gasteiger partial charge in [-0.05, 0) is 25.5 Å². The smallest absolute Gasteiger partial charge is 0.0939 e. The van der Waals surface area contributed by atoms with E-state index in [1.54, 1.807) is 11.3 Å². The topological polar surface area (TPSA) is 33.1 Å². The second-order valence-electron chi connectivity index (χ2n) is 3.46. The summed E-state index contributed by atoms with van der Waals surface area (Å²) < 4.78 is 1.23. The first kappa shape index (κ1) is 9.62. The summed E-state index contributed by atoms with van der Waals surface area (Å²) >= 11 is 1.72. The van der Waals surface area contributed by atoms with Gasteiger partial charge in [0.05, 0.1) is 21.3 Å². The standard InChI is InChI=1S/C11H13NOS/c1-8(13)6-7-11-12-9-4-2-3-5-10(9)14-11/h2-5,8,13H,6-7H2,1H3/t8-/m1/s1. The number of hydrogen-bond donors (Lipinski definition) is 1. The van der Waals surface area contributed by atoms with E-state index in [1.807, 2.05) is 25.1 Å². The van der Waals surface area contributed by atoms with Gasteiger partial charge in [-0.2, -0.15) is 0 Å². The van der Waals surface area contributed by atoms with Crippen LogP contribution in [0.25, 0.3) is 10.2 Å². The number of para-hydroxylation sites is 1. The van der Waals surface area contributed by atoms with Crippen LogP contribution in [-0.4, -0.2) is 16.2 Å². The maximum absolute atomic E-state index is 9.17. The molecule has 2 nitrogen and oxygen atoms in total. The van der Waals surface area contributed by atoms with Gasteiger partial charge in [-0.15, -0.1) is 11.3 Å². The predicted octanol–water partition coefficient (Wildman–Crippen LogP) is 2.61. The molecule has 0 aliphatic carbocycles. The predicted molar refractivity (Wildman–Crippen MR) is 59.6 cm³/mol. The van der Waals surface area contributed by atoms with Gasteiger partial charge in [-0.25, -0.2) is 4.98 Å². The number of nitrogens with zero attached hydrogens (tertiary/aromatic N) is 1. The van der Waals surface area contributed by atoms with Crippen molar-refractivity contribution >= 4 is 21.6 Å². The number of rotatable bonds is 3. The average molecular weight is 207 g/mol. The van der Waals surface area contributed by atoms with E-state index in [1.165, 1.54) is 4.70 Å². The molecule has 2 aromatic rings. The van der Waals surface area contributed by atoms with Gasteiger partial charge in [0.1, 0.15) is 0 Å². The van der Waals surface area contributed by atoms with Crippen LogP contribution in [0.15, 0.2) is 24.3 Å². The molecule has 0 aliphatic rings. The molecule has 0 saturated carbocycles. The normalized spacial score (nSPS) is 13.3. The molecule has 74 valence electrons. The minimum absolute atomic E-state index is 0.234. The van der Waals surface area contributed by atoms with Gasteiger partial charge in [0.25, 0.3) is 0 Å². The molecular weight excluding hydrogens is 194 g/mol. The zero-order chi connectivity index (χ0) is 9.97. The second kappa shape index (κ2) is 4.07. The van der Waals surface area contributed by atoms with Crippen molar-refractivity contribution in [3.63, 3.8) is 0 Å². The number of aliphatic hydroxyl groups is 1. The maximum atomic E-state index is 9.17. The molecule has 0 unspecified atom stereocenters. The Kier molecular flexibility index (Phi) is 2.79. The highest BCUT2D eigenvalue weighted by Crippen LogP contribution is 2.22. The molecule has 3 heteroatoms. The first-order chi connectivity index (χ1) is 6.75. The Labute approximate surface area is 87.2 Å². The Hall–Kier alpha value is -0.930. The van der Waals surface area contributed by atoms with Gasteiger partial charge in [0, 0.05) is 6.42 Å². The fourth-order valence-electron chi connectivity index (χ4n) is 1.36. The quantitative estimate of drug-likeness (QED) is 0.839. The summed E-state index contributed by atoms with van der Waals surface area (Å²) in [5.41, 5.74) is 1.07. The highest BCUT2D eigenvalue weighted by Gasteiger charge is 2.04. The van der Waals surface area contributed by atoms with E-state index in [4.69, 9.17) is 5.11 Å². The molecule has 14 heavy (non-hydrogen) atoms. The first-order valence-electron chi connectivity index (χ1n) is 4.78. The third-order valence-corrected chi connectivity index (χ3v) is 3.21. The number of aromatic nitrogens is 1. The Morgan fingerprint density at radius 2 is 2.21 bits per heavy atom. The minimum atomic E-state index is -0.234. The van der Waals surface area contributed by atoms with Crippen molar-refractivity contribution in [3.8, 4) is 0 Å². The molecule has 0 aliphatic heterocycles. The van der Waals surface area contributed by atoms with Crippen molar-refractivity contribution in [2.75, 3.05) is 0 Å². The van der Waals surface area contributed by atoms with E-state index in [2.05, 4.69) is 11.1 Å². The third kappa shape index (κ3) is 2.11. The molecule has 0 spiro atoms. The molecule has 1 aromatic heterocycles. The van der Waals surface area contributed by atoms with Crippen LogP contribution >= 0.6 is 11.3 Å². The van der Waals surface area contributed by atoms with E-state index >= 15 is 0 Å². The summed E-state index contributed by atoms with van der Waals surface area (Å²) in [5, 5.41) is 10.3. The number of aliphatic hydroxyl groups excluding tert-OH is 1. The monoisotopic (exact) mass is 207 g/mol. The van der Waals surface area contributed by atoms with Crippen LogP contribution in [0.4, 0.5) is 0 Å². The van der Waals surface area contributed by atoms with E-state index in [0.717, 1.165) is 23.4 Å². The van der Waals surface area contributed by atoms with E-state index in [9.17, 15) is 0 Å². The zero-order valence-corrected chi connectivity index (χ0v) is 8.92. The largest absolute Gasteiger partial charge is 0.393 e. The SMILES string of the molecule is C[C@@H](O)CCc1nc2ccccc2s1. The molecule has 2 rings (SSSR count). The lowest BCUT2D eigenvalue weighted by Gasteiger charge is -1.99. The van der Waals surface area contributed by atoms with Gasteiger partial charge in [-0.1, -0.05) is 12.1 Å². The van der Waals surface area contributed by atoms with Crippen LogP contribution in [0.3, 0.4) is 0 Å². The lowest BCUT2D eigenvalue weighted by atomic mass is 10.2. The summed E-state index contributed by atoms with van der Waals surface area (Å²) in [6.45, 7) is 1.81. The minimum Gasteiger partial charge on any atom is -0.393 e. The van der Waals surface area contributed by atoms with Crippen LogP contribution in [0.1, 0.15) is 18.4 Å². The Morgan fingerprint density at radius 1 is 1.43 bits per heavy atom.